The fourth-order valence-corrected chi connectivity index (χ4v) is 9.18. The molecule has 4 heterocycles. The van der Waals surface area contributed by atoms with Crippen molar-refractivity contribution in [1.82, 2.24) is 19.5 Å². The third kappa shape index (κ3) is 5.26. The maximum Gasteiger partial charge on any atom is 0.164 e. The quantitative estimate of drug-likeness (QED) is 0.174. The van der Waals surface area contributed by atoms with E-state index in [9.17, 15) is 0 Å². The molecule has 9 aromatic carbocycles. The van der Waals surface area contributed by atoms with Crippen LogP contribution < -0.4 is 0 Å². The predicted molar refractivity (Wildman–Crippen MR) is 248 cm³/mol. The van der Waals surface area contributed by atoms with Crippen LogP contribution in [0.3, 0.4) is 0 Å². The first-order valence-corrected chi connectivity index (χ1v) is 20.4. The van der Waals surface area contributed by atoms with E-state index in [1.165, 1.54) is 21.5 Å². The van der Waals surface area contributed by atoms with Crippen molar-refractivity contribution in [2.75, 3.05) is 0 Å². The zero-order valence-corrected chi connectivity index (χ0v) is 32.6. The molecule has 0 atom stereocenters. The molecule has 0 saturated carbocycles. The largest absolute Gasteiger partial charge is 0.456 e. The van der Waals surface area contributed by atoms with E-state index < -0.39 is 0 Å². The van der Waals surface area contributed by atoms with Crippen molar-refractivity contribution in [3.8, 4) is 51.0 Å². The molecule has 0 amide bonds. The molecule has 0 saturated heterocycles. The molecule has 13 rings (SSSR count). The van der Waals surface area contributed by atoms with E-state index in [0.29, 0.717) is 17.5 Å². The Hall–Kier alpha value is -8.35. The van der Waals surface area contributed by atoms with E-state index in [2.05, 4.69) is 126 Å². The van der Waals surface area contributed by atoms with Crippen molar-refractivity contribution < 1.29 is 8.83 Å². The van der Waals surface area contributed by atoms with Gasteiger partial charge in [0.05, 0.1) is 16.7 Å². The maximum absolute atomic E-state index is 6.74. The third-order valence-corrected chi connectivity index (χ3v) is 12.0. The Kier molecular flexibility index (Phi) is 7.21. The normalized spacial score (nSPS) is 11.9. The summed E-state index contributed by atoms with van der Waals surface area (Å²) in [7, 11) is 0. The lowest BCUT2D eigenvalue weighted by Gasteiger charge is -2.16. The van der Waals surface area contributed by atoms with Gasteiger partial charge in [-0.05, 0) is 77.5 Å². The Balaban J connectivity index is 1.09. The molecule has 6 nitrogen and oxygen atoms in total. The van der Waals surface area contributed by atoms with Gasteiger partial charge in [0.15, 0.2) is 17.5 Å². The van der Waals surface area contributed by atoms with Crippen molar-refractivity contribution >= 4 is 76.5 Å². The topological polar surface area (TPSA) is 69.9 Å². The zero-order valence-electron chi connectivity index (χ0n) is 32.6. The molecule has 0 bridgehead atoms. The highest BCUT2D eigenvalue weighted by Gasteiger charge is 2.22. The molecular formula is C55H32N4O2. The number of rotatable bonds is 5. The standard InChI is InChI=1S/C55H32N4O2/c1-2-13-33(14-3-1)53-56-54(58-55(57-53)37-26-28-51-45(31-37)40-19-8-10-23-49(40)60-51)36-25-27-47(44(30-36)42-21-12-20-41-39-18-7-11-24-50(39)61-52(41)42)59-46-22-9-6-17-38(46)43-29-34-15-4-5-16-35(34)32-48(43)59/h1-32H. The Morgan fingerprint density at radius 2 is 0.918 bits per heavy atom. The van der Waals surface area contributed by atoms with E-state index in [-0.39, 0.29) is 0 Å². The van der Waals surface area contributed by atoms with Gasteiger partial charge in [-0.3, -0.25) is 0 Å². The highest BCUT2D eigenvalue weighted by Crippen LogP contribution is 2.43. The van der Waals surface area contributed by atoms with Crippen molar-refractivity contribution in [2.45, 2.75) is 0 Å². The molecular weight excluding hydrogens is 749 g/mol. The minimum atomic E-state index is 0.568. The van der Waals surface area contributed by atoms with Crippen LogP contribution >= 0.6 is 0 Å². The molecule has 0 aliphatic heterocycles. The molecule has 284 valence electrons. The summed E-state index contributed by atoms with van der Waals surface area (Å²) >= 11 is 0. The van der Waals surface area contributed by atoms with Crippen molar-refractivity contribution in [1.29, 1.82) is 0 Å². The molecule has 0 N–H and O–H groups in total. The van der Waals surface area contributed by atoms with Crippen LogP contribution in [-0.2, 0) is 0 Å². The number of furan rings is 2. The number of nitrogens with zero attached hydrogens (tertiary/aromatic N) is 4. The van der Waals surface area contributed by atoms with Gasteiger partial charge in [-0.1, -0.05) is 127 Å². The van der Waals surface area contributed by atoms with Crippen LogP contribution in [0.5, 0.6) is 0 Å². The lowest BCUT2D eigenvalue weighted by atomic mass is 9.97. The van der Waals surface area contributed by atoms with E-state index >= 15 is 0 Å². The van der Waals surface area contributed by atoms with Crippen molar-refractivity contribution in [3.05, 3.63) is 194 Å². The van der Waals surface area contributed by atoms with Gasteiger partial charge in [0.25, 0.3) is 0 Å². The second-order valence-corrected chi connectivity index (χ2v) is 15.6. The second kappa shape index (κ2) is 13.1. The summed E-state index contributed by atoms with van der Waals surface area (Å²) in [5.74, 6) is 1.74. The summed E-state index contributed by atoms with van der Waals surface area (Å²) in [4.78, 5) is 15.5. The van der Waals surface area contributed by atoms with Gasteiger partial charge < -0.3 is 13.4 Å². The first-order valence-electron chi connectivity index (χ1n) is 20.4. The van der Waals surface area contributed by atoms with Crippen LogP contribution in [0.2, 0.25) is 0 Å². The molecule has 6 heteroatoms. The average Bonchev–Trinajstić information content (AvgIpc) is 4.00. The molecule has 4 aromatic heterocycles. The Labute approximate surface area is 348 Å². The predicted octanol–water partition coefficient (Wildman–Crippen LogP) is 14.6. The molecule has 0 fully saturated rings. The minimum absolute atomic E-state index is 0.568. The minimum Gasteiger partial charge on any atom is -0.456 e. The summed E-state index contributed by atoms with van der Waals surface area (Å²) in [6, 6.07) is 67.5. The van der Waals surface area contributed by atoms with Gasteiger partial charge >= 0.3 is 0 Å². The van der Waals surface area contributed by atoms with Gasteiger partial charge in [-0.25, -0.2) is 15.0 Å². The number of hydrogen-bond acceptors (Lipinski definition) is 5. The van der Waals surface area contributed by atoms with Crippen LogP contribution in [0.1, 0.15) is 0 Å². The van der Waals surface area contributed by atoms with E-state index in [1.54, 1.807) is 0 Å². The van der Waals surface area contributed by atoms with Crippen LogP contribution in [0.25, 0.3) is 127 Å². The van der Waals surface area contributed by atoms with Crippen molar-refractivity contribution in [2.24, 2.45) is 0 Å². The summed E-state index contributed by atoms with van der Waals surface area (Å²) in [5.41, 5.74) is 11.2. The SMILES string of the molecule is c1ccc(-c2nc(-c3ccc(-n4c5ccccc5c5cc6ccccc6cc54)c(-c4cccc5c4oc4ccccc45)c3)nc(-c3ccc4oc5ccccc5c4c3)n2)cc1. The fourth-order valence-electron chi connectivity index (χ4n) is 9.18. The Morgan fingerprint density at radius 3 is 1.72 bits per heavy atom. The van der Waals surface area contributed by atoms with Gasteiger partial charge in [0, 0.05) is 60.1 Å². The maximum atomic E-state index is 6.74. The van der Waals surface area contributed by atoms with Gasteiger partial charge in [-0.2, -0.15) is 0 Å². The lowest BCUT2D eigenvalue weighted by molar-refractivity contribution is 0.669. The lowest BCUT2D eigenvalue weighted by Crippen LogP contribution is -2.02. The third-order valence-electron chi connectivity index (χ3n) is 12.0. The number of aromatic nitrogens is 4. The highest BCUT2D eigenvalue weighted by molar-refractivity contribution is 6.15. The number of para-hydroxylation sites is 4. The number of hydrogen-bond donors (Lipinski definition) is 0. The molecule has 0 radical (unpaired) electrons. The van der Waals surface area contributed by atoms with Gasteiger partial charge in [0.2, 0.25) is 0 Å². The summed E-state index contributed by atoms with van der Waals surface area (Å²) in [6.45, 7) is 0. The average molecular weight is 781 g/mol. The summed E-state index contributed by atoms with van der Waals surface area (Å²) in [6.07, 6.45) is 0. The van der Waals surface area contributed by atoms with Gasteiger partial charge in [-0.15, -0.1) is 0 Å². The number of fused-ring (bicyclic) bond motifs is 10. The first-order chi connectivity index (χ1) is 30.2. The van der Waals surface area contributed by atoms with Gasteiger partial charge in [0.1, 0.15) is 22.3 Å². The van der Waals surface area contributed by atoms with Crippen LogP contribution in [0, 0.1) is 0 Å². The summed E-state index contributed by atoms with van der Waals surface area (Å²) in [5, 5.41) is 8.99. The van der Waals surface area contributed by atoms with E-state index in [1.807, 2.05) is 72.8 Å². The highest BCUT2D eigenvalue weighted by atomic mass is 16.3. The molecule has 61 heavy (non-hydrogen) atoms. The fraction of sp³-hybridized carbons (Fsp3) is 0. The van der Waals surface area contributed by atoms with Crippen LogP contribution in [0.15, 0.2) is 203 Å². The molecule has 0 aliphatic carbocycles. The second-order valence-electron chi connectivity index (χ2n) is 15.6. The Bertz CT molecular complexity index is 3900. The van der Waals surface area contributed by atoms with Crippen LogP contribution in [0.4, 0.5) is 0 Å². The van der Waals surface area contributed by atoms with Crippen LogP contribution in [-0.4, -0.2) is 19.5 Å². The smallest absolute Gasteiger partial charge is 0.164 e. The molecule has 0 spiro atoms. The van der Waals surface area contributed by atoms with E-state index in [0.717, 1.165) is 88.4 Å². The molecule has 0 aliphatic rings. The van der Waals surface area contributed by atoms with Crippen molar-refractivity contribution in [3.63, 3.8) is 0 Å². The monoisotopic (exact) mass is 780 g/mol. The first kappa shape index (κ1) is 33.6. The zero-order chi connectivity index (χ0) is 40.0. The molecule has 0 unspecified atom stereocenters. The molecule has 13 aromatic rings. The number of benzene rings is 9. The van der Waals surface area contributed by atoms with E-state index in [4.69, 9.17) is 23.8 Å². The summed E-state index contributed by atoms with van der Waals surface area (Å²) < 4.78 is 15.3. The Morgan fingerprint density at radius 1 is 0.328 bits per heavy atom.